The van der Waals surface area contributed by atoms with E-state index in [0.717, 1.165) is 22.1 Å². The van der Waals surface area contributed by atoms with Crippen molar-refractivity contribution in [1.29, 1.82) is 0 Å². The van der Waals surface area contributed by atoms with Crippen LogP contribution in [0.4, 0.5) is 0 Å². The van der Waals surface area contributed by atoms with Gasteiger partial charge in [0.2, 0.25) is 0 Å². The number of rotatable bonds is 5. The lowest BCUT2D eigenvalue weighted by Gasteiger charge is -2.07. The zero-order valence-electron chi connectivity index (χ0n) is 7.82. The summed E-state index contributed by atoms with van der Waals surface area (Å²) in [5.41, 5.74) is 6.69. The second kappa shape index (κ2) is 6.30. The predicted molar refractivity (Wildman–Crippen MR) is 62.7 cm³/mol. The topological polar surface area (TPSA) is 46.2 Å². The molecule has 0 radical (unpaired) electrons. The third-order valence-corrected chi connectivity index (χ3v) is 3.33. The first-order valence-electron chi connectivity index (χ1n) is 4.41. The summed E-state index contributed by atoms with van der Waals surface area (Å²) in [7, 11) is 0. The molecule has 2 nitrogen and oxygen atoms in total. The van der Waals surface area contributed by atoms with Gasteiger partial charge in [-0.1, -0.05) is 29.8 Å². The van der Waals surface area contributed by atoms with E-state index in [1.54, 1.807) is 11.8 Å². The van der Waals surface area contributed by atoms with Crippen LogP contribution < -0.4 is 5.73 Å². The molecule has 1 rings (SSSR count). The van der Waals surface area contributed by atoms with Crippen LogP contribution >= 0.6 is 23.4 Å². The maximum atomic E-state index is 8.72. The number of aliphatic hydroxyl groups excluding tert-OH is 1. The third kappa shape index (κ3) is 3.88. The molecule has 0 spiro atoms. The standard InChI is InChI=1S/C10H14ClNOS/c11-10-4-2-1-3-8(10)6-14-7-9(12)5-13/h1-4,9,13H,5-7,12H2. The fraction of sp³-hybridized carbons (Fsp3) is 0.400. The summed E-state index contributed by atoms with van der Waals surface area (Å²) in [4.78, 5) is 0. The molecule has 0 aromatic heterocycles. The molecule has 0 aliphatic heterocycles. The first-order valence-corrected chi connectivity index (χ1v) is 5.95. The summed E-state index contributed by atoms with van der Waals surface area (Å²) in [5, 5.41) is 9.51. The molecule has 0 aliphatic carbocycles. The van der Waals surface area contributed by atoms with E-state index in [9.17, 15) is 0 Å². The van der Waals surface area contributed by atoms with Gasteiger partial charge in [0.15, 0.2) is 0 Å². The first kappa shape index (κ1) is 11.9. The van der Waals surface area contributed by atoms with Gasteiger partial charge >= 0.3 is 0 Å². The van der Waals surface area contributed by atoms with Crippen LogP contribution in [0, 0.1) is 0 Å². The van der Waals surface area contributed by atoms with Gasteiger partial charge in [-0.3, -0.25) is 0 Å². The van der Waals surface area contributed by atoms with Gasteiger partial charge in [0, 0.05) is 22.6 Å². The smallest absolute Gasteiger partial charge is 0.0590 e. The second-order valence-corrected chi connectivity index (χ2v) is 4.49. The monoisotopic (exact) mass is 231 g/mol. The molecular weight excluding hydrogens is 218 g/mol. The van der Waals surface area contributed by atoms with E-state index in [1.165, 1.54) is 0 Å². The van der Waals surface area contributed by atoms with Crippen LogP contribution in [0.1, 0.15) is 5.56 Å². The molecule has 0 amide bonds. The molecule has 0 heterocycles. The average molecular weight is 232 g/mol. The molecule has 14 heavy (non-hydrogen) atoms. The summed E-state index contributed by atoms with van der Waals surface area (Å²) in [6.07, 6.45) is 0. The van der Waals surface area contributed by atoms with Crippen LogP contribution in [-0.2, 0) is 5.75 Å². The predicted octanol–water partition coefficient (Wildman–Crippen LogP) is 1.89. The number of hydrogen-bond acceptors (Lipinski definition) is 3. The highest BCUT2D eigenvalue weighted by Crippen LogP contribution is 2.20. The van der Waals surface area contributed by atoms with Crippen molar-refractivity contribution in [2.45, 2.75) is 11.8 Å². The van der Waals surface area contributed by atoms with E-state index in [1.807, 2.05) is 24.3 Å². The zero-order chi connectivity index (χ0) is 10.4. The Labute approximate surface area is 93.5 Å². The Morgan fingerprint density at radius 3 is 2.79 bits per heavy atom. The maximum absolute atomic E-state index is 8.72. The highest BCUT2D eigenvalue weighted by atomic mass is 35.5. The van der Waals surface area contributed by atoms with Crippen LogP contribution in [-0.4, -0.2) is 23.5 Å². The number of hydrogen-bond donors (Lipinski definition) is 2. The van der Waals surface area contributed by atoms with Crippen molar-refractivity contribution < 1.29 is 5.11 Å². The van der Waals surface area contributed by atoms with Crippen molar-refractivity contribution in [3.63, 3.8) is 0 Å². The molecular formula is C10H14ClNOS. The molecule has 1 aromatic rings. The van der Waals surface area contributed by atoms with Crippen molar-refractivity contribution in [2.75, 3.05) is 12.4 Å². The van der Waals surface area contributed by atoms with Crippen LogP contribution in [0.25, 0.3) is 0 Å². The van der Waals surface area contributed by atoms with Crippen molar-refractivity contribution in [3.05, 3.63) is 34.9 Å². The van der Waals surface area contributed by atoms with Gasteiger partial charge < -0.3 is 10.8 Å². The van der Waals surface area contributed by atoms with Gasteiger partial charge in [0.25, 0.3) is 0 Å². The lowest BCUT2D eigenvalue weighted by molar-refractivity contribution is 0.275. The Bertz CT molecular complexity index is 283. The molecule has 3 N–H and O–H groups in total. The maximum Gasteiger partial charge on any atom is 0.0590 e. The molecule has 0 fully saturated rings. The molecule has 1 aromatic carbocycles. The number of nitrogens with two attached hydrogens (primary N) is 1. The molecule has 0 bridgehead atoms. The van der Waals surface area contributed by atoms with Crippen LogP contribution in [0.2, 0.25) is 5.02 Å². The lowest BCUT2D eigenvalue weighted by Crippen LogP contribution is -2.26. The van der Waals surface area contributed by atoms with E-state index in [4.69, 9.17) is 22.4 Å². The van der Waals surface area contributed by atoms with Crippen molar-refractivity contribution in [2.24, 2.45) is 5.73 Å². The fourth-order valence-electron chi connectivity index (χ4n) is 0.988. The molecule has 4 heteroatoms. The molecule has 0 aliphatic rings. The summed E-state index contributed by atoms with van der Waals surface area (Å²) >= 11 is 7.66. The van der Waals surface area contributed by atoms with Crippen LogP contribution in [0.3, 0.4) is 0 Å². The van der Waals surface area contributed by atoms with E-state index >= 15 is 0 Å². The van der Waals surface area contributed by atoms with Gasteiger partial charge in [0.05, 0.1) is 6.61 Å². The highest BCUT2D eigenvalue weighted by Gasteiger charge is 2.02. The molecule has 0 saturated heterocycles. The SMILES string of the molecule is NC(CO)CSCc1ccccc1Cl. The molecule has 1 unspecified atom stereocenters. The van der Waals surface area contributed by atoms with E-state index < -0.39 is 0 Å². The normalized spacial score (nSPS) is 12.8. The zero-order valence-corrected chi connectivity index (χ0v) is 9.39. The summed E-state index contributed by atoms with van der Waals surface area (Å²) in [6, 6.07) is 7.62. The minimum absolute atomic E-state index is 0.0372. The van der Waals surface area contributed by atoms with Gasteiger partial charge in [-0.25, -0.2) is 0 Å². The van der Waals surface area contributed by atoms with E-state index in [2.05, 4.69) is 0 Å². The fourth-order valence-corrected chi connectivity index (χ4v) is 2.27. The largest absolute Gasteiger partial charge is 0.395 e. The summed E-state index contributed by atoms with van der Waals surface area (Å²) in [6.45, 7) is 0.0372. The number of aliphatic hydroxyl groups is 1. The van der Waals surface area contributed by atoms with Crippen LogP contribution in [0.5, 0.6) is 0 Å². The van der Waals surface area contributed by atoms with Gasteiger partial charge in [-0.15, -0.1) is 0 Å². The number of benzene rings is 1. The Kier molecular flexibility index (Phi) is 5.33. The van der Waals surface area contributed by atoms with Crippen molar-refractivity contribution in [1.82, 2.24) is 0 Å². The highest BCUT2D eigenvalue weighted by molar-refractivity contribution is 7.98. The first-order chi connectivity index (χ1) is 6.74. The Balaban J connectivity index is 2.35. The Morgan fingerprint density at radius 2 is 2.14 bits per heavy atom. The molecule has 0 saturated carbocycles. The number of thioether (sulfide) groups is 1. The Hall–Kier alpha value is -0.220. The van der Waals surface area contributed by atoms with Crippen LogP contribution in [0.15, 0.2) is 24.3 Å². The minimum atomic E-state index is -0.137. The molecule has 1 atom stereocenters. The van der Waals surface area contributed by atoms with E-state index in [-0.39, 0.29) is 12.6 Å². The number of halogens is 1. The minimum Gasteiger partial charge on any atom is -0.395 e. The van der Waals surface area contributed by atoms with E-state index in [0.29, 0.717) is 0 Å². The molecule has 78 valence electrons. The van der Waals surface area contributed by atoms with Gasteiger partial charge in [0.1, 0.15) is 0 Å². The lowest BCUT2D eigenvalue weighted by atomic mass is 10.2. The third-order valence-electron chi connectivity index (χ3n) is 1.78. The quantitative estimate of drug-likeness (QED) is 0.814. The van der Waals surface area contributed by atoms with Gasteiger partial charge in [-0.05, 0) is 11.6 Å². The van der Waals surface area contributed by atoms with Crippen molar-refractivity contribution >= 4 is 23.4 Å². The van der Waals surface area contributed by atoms with Gasteiger partial charge in [-0.2, -0.15) is 11.8 Å². The summed E-state index contributed by atoms with van der Waals surface area (Å²) in [5.74, 6) is 1.59. The van der Waals surface area contributed by atoms with Crippen molar-refractivity contribution in [3.8, 4) is 0 Å². The second-order valence-electron chi connectivity index (χ2n) is 3.05. The summed E-state index contributed by atoms with van der Waals surface area (Å²) < 4.78 is 0. The Morgan fingerprint density at radius 1 is 1.43 bits per heavy atom. The average Bonchev–Trinajstić information content (AvgIpc) is 2.20.